The Bertz CT molecular complexity index is 478. The van der Waals surface area contributed by atoms with Crippen LogP contribution in [0.4, 0.5) is 0 Å². The molecule has 0 saturated heterocycles. The quantitative estimate of drug-likeness (QED) is 0.896. The third-order valence-corrected chi connectivity index (χ3v) is 4.04. The first kappa shape index (κ1) is 15.1. The molecule has 1 aromatic rings. The van der Waals surface area contributed by atoms with Crippen molar-refractivity contribution in [3.63, 3.8) is 0 Å². The third-order valence-electron chi connectivity index (χ3n) is 3.69. The summed E-state index contributed by atoms with van der Waals surface area (Å²) < 4.78 is 5.07. The number of hydrogen-bond donors (Lipinski definition) is 2. The summed E-state index contributed by atoms with van der Waals surface area (Å²) in [6, 6.07) is 5.13. The fourth-order valence-electron chi connectivity index (χ4n) is 2.51. The molecular formula is C15H20ClNO3. The smallest absolute Gasteiger partial charge is 0.224 e. The van der Waals surface area contributed by atoms with E-state index in [9.17, 15) is 9.90 Å². The highest BCUT2D eigenvalue weighted by Gasteiger charge is 2.24. The number of benzene rings is 1. The maximum absolute atomic E-state index is 12.0. The van der Waals surface area contributed by atoms with Crippen LogP contribution < -0.4 is 10.1 Å². The van der Waals surface area contributed by atoms with Crippen LogP contribution in [0.2, 0.25) is 5.02 Å². The normalized spacial score (nSPS) is 22.4. The topological polar surface area (TPSA) is 58.6 Å². The number of aliphatic hydroxyl groups is 1. The van der Waals surface area contributed by atoms with Crippen molar-refractivity contribution in [3.05, 3.63) is 28.8 Å². The van der Waals surface area contributed by atoms with Gasteiger partial charge in [0.25, 0.3) is 0 Å². The Labute approximate surface area is 124 Å². The Kier molecular flexibility index (Phi) is 5.26. The number of halogens is 1. The molecule has 2 N–H and O–H groups in total. The minimum atomic E-state index is -0.431. The van der Waals surface area contributed by atoms with E-state index < -0.39 is 6.10 Å². The van der Waals surface area contributed by atoms with E-state index in [0.717, 1.165) is 31.2 Å². The van der Waals surface area contributed by atoms with Crippen molar-refractivity contribution in [2.75, 3.05) is 7.11 Å². The zero-order valence-corrected chi connectivity index (χ0v) is 12.3. The largest absolute Gasteiger partial charge is 0.497 e. The molecule has 2 rings (SSSR count). The van der Waals surface area contributed by atoms with Crippen LogP contribution in [0.1, 0.15) is 31.2 Å². The molecule has 5 heteroatoms. The predicted octanol–water partition coefficient (Wildman–Crippen LogP) is 2.31. The van der Waals surface area contributed by atoms with Crippen LogP contribution >= 0.6 is 11.6 Å². The van der Waals surface area contributed by atoms with Crippen molar-refractivity contribution in [3.8, 4) is 5.75 Å². The molecule has 0 aromatic heterocycles. The van der Waals surface area contributed by atoms with Crippen molar-refractivity contribution in [1.82, 2.24) is 5.32 Å². The molecule has 1 saturated carbocycles. The van der Waals surface area contributed by atoms with Crippen LogP contribution in [-0.2, 0) is 11.2 Å². The van der Waals surface area contributed by atoms with Crippen LogP contribution in [0, 0.1) is 0 Å². The molecule has 1 fully saturated rings. The zero-order chi connectivity index (χ0) is 14.5. The van der Waals surface area contributed by atoms with Gasteiger partial charge in [0.05, 0.1) is 25.7 Å². The Morgan fingerprint density at radius 2 is 2.20 bits per heavy atom. The van der Waals surface area contributed by atoms with E-state index in [1.807, 2.05) is 0 Å². The average Bonchev–Trinajstić information content (AvgIpc) is 2.43. The molecule has 0 aliphatic heterocycles. The summed E-state index contributed by atoms with van der Waals surface area (Å²) in [6.45, 7) is 0. The number of aliphatic hydroxyl groups excluding tert-OH is 1. The van der Waals surface area contributed by atoms with Gasteiger partial charge in [0.2, 0.25) is 5.91 Å². The summed E-state index contributed by atoms with van der Waals surface area (Å²) in [5.74, 6) is 0.560. The first-order valence-corrected chi connectivity index (χ1v) is 7.28. The molecule has 1 aliphatic carbocycles. The second-order valence-corrected chi connectivity index (χ2v) is 5.57. The first-order valence-electron chi connectivity index (χ1n) is 6.90. The minimum Gasteiger partial charge on any atom is -0.497 e. The van der Waals surface area contributed by atoms with Crippen LogP contribution in [0.3, 0.4) is 0 Å². The van der Waals surface area contributed by atoms with E-state index >= 15 is 0 Å². The lowest BCUT2D eigenvalue weighted by Crippen LogP contribution is -2.45. The van der Waals surface area contributed by atoms with Gasteiger partial charge in [-0.1, -0.05) is 30.5 Å². The highest BCUT2D eigenvalue weighted by Crippen LogP contribution is 2.23. The number of methoxy groups -OCH3 is 1. The van der Waals surface area contributed by atoms with Crippen molar-refractivity contribution >= 4 is 17.5 Å². The molecule has 2 unspecified atom stereocenters. The van der Waals surface area contributed by atoms with Crippen LogP contribution in [0.25, 0.3) is 0 Å². The Morgan fingerprint density at radius 1 is 1.45 bits per heavy atom. The first-order chi connectivity index (χ1) is 9.60. The standard InChI is InChI=1S/C15H20ClNO3/c1-20-11-7-6-10(12(16)9-11)8-15(19)17-13-4-2-3-5-14(13)18/h6-7,9,13-14,18H,2-5,8H2,1H3,(H,17,19). The van der Waals surface area contributed by atoms with Gasteiger partial charge in [-0.05, 0) is 30.5 Å². The Morgan fingerprint density at radius 3 is 2.85 bits per heavy atom. The van der Waals surface area contributed by atoms with Gasteiger partial charge in [-0.25, -0.2) is 0 Å². The fourth-order valence-corrected chi connectivity index (χ4v) is 2.75. The molecular weight excluding hydrogens is 278 g/mol. The summed E-state index contributed by atoms with van der Waals surface area (Å²) in [6.07, 6.45) is 3.45. The molecule has 110 valence electrons. The summed E-state index contributed by atoms with van der Waals surface area (Å²) in [5, 5.41) is 13.3. The van der Waals surface area contributed by atoms with Crippen molar-refractivity contribution in [1.29, 1.82) is 0 Å². The van der Waals surface area contributed by atoms with E-state index in [-0.39, 0.29) is 18.4 Å². The summed E-state index contributed by atoms with van der Waals surface area (Å²) in [5.41, 5.74) is 0.760. The fraction of sp³-hybridized carbons (Fsp3) is 0.533. The van der Waals surface area contributed by atoms with E-state index in [1.54, 1.807) is 25.3 Å². The SMILES string of the molecule is COc1ccc(CC(=O)NC2CCCCC2O)c(Cl)c1. The summed E-state index contributed by atoms with van der Waals surface area (Å²) in [4.78, 5) is 12.0. The van der Waals surface area contributed by atoms with Gasteiger partial charge in [-0.3, -0.25) is 4.79 Å². The van der Waals surface area contributed by atoms with Crippen molar-refractivity contribution in [2.24, 2.45) is 0 Å². The molecule has 1 aliphatic rings. The minimum absolute atomic E-state index is 0.108. The number of carbonyl (C=O) groups excluding carboxylic acids is 1. The van der Waals surface area contributed by atoms with Gasteiger partial charge >= 0.3 is 0 Å². The second-order valence-electron chi connectivity index (χ2n) is 5.16. The Hall–Kier alpha value is -1.26. The molecule has 0 radical (unpaired) electrons. The van der Waals surface area contributed by atoms with E-state index in [2.05, 4.69) is 5.32 Å². The molecule has 0 bridgehead atoms. The van der Waals surface area contributed by atoms with Crippen LogP contribution in [-0.4, -0.2) is 30.3 Å². The summed E-state index contributed by atoms with van der Waals surface area (Å²) >= 11 is 6.11. The molecule has 0 heterocycles. The molecule has 0 spiro atoms. The lowest BCUT2D eigenvalue weighted by atomic mass is 9.92. The van der Waals surface area contributed by atoms with E-state index in [0.29, 0.717) is 10.8 Å². The molecule has 4 nitrogen and oxygen atoms in total. The van der Waals surface area contributed by atoms with Gasteiger partial charge in [0, 0.05) is 5.02 Å². The van der Waals surface area contributed by atoms with Crippen LogP contribution in [0.5, 0.6) is 5.75 Å². The maximum atomic E-state index is 12.0. The number of nitrogens with one attached hydrogen (secondary N) is 1. The molecule has 2 atom stereocenters. The lowest BCUT2D eigenvalue weighted by molar-refractivity contribution is -0.122. The number of carbonyl (C=O) groups is 1. The monoisotopic (exact) mass is 297 g/mol. The number of rotatable bonds is 4. The second kappa shape index (κ2) is 6.95. The van der Waals surface area contributed by atoms with Gasteiger partial charge < -0.3 is 15.2 Å². The molecule has 20 heavy (non-hydrogen) atoms. The number of hydrogen-bond acceptors (Lipinski definition) is 3. The number of amides is 1. The van der Waals surface area contributed by atoms with Gasteiger partial charge in [-0.15, -0.1) is 0 Å². The van der Waals surface area contributed by atoms with Gasteiger partial charge in [0.15, 0.2) is 0 Å². The van der Waals surface area contributed by atoms with E-state index in [1.165, 1.54) is 0 Å². The van der Waals surface area contributed by atoms with Gasteiger partial charge in [0.1, 0.15) is 5.75 Å². The highest BCUT2D eigenvalue weighted by molar-refractivity contribution is 6.31. The van der Waals surface area contributed by atoms with E-state index in [4.69, 9.17) is 16.3 Å². The zero-order valence-electron chi connectivity index (χ0n) is 11.6. The molecule has 1 amide bonds. The molecule has 1 aromatic carbocycles. The average molecular weight is 298 g/mol. The Balaban J connectivity index is 1.94. The highest BCUT2D eigenvalue weighted by atomic mass is 35.5. The van der Waals surface area contributed by atoms with Crippen molar-refractivity contribution < 1.29 is 14.6 Å². The van der Waals surface area contributed by atoms with Crippen molar-refractivity contribution in [2.45, 2.75) is 44.2 Å². The maximum Gasteiger partial charge on any atom is 0.224 e. The lowest BCUT2D eigenvalue weighted by Gasteiger charge is -2.28. The van der Waals surface area contributed by atoms with Gasteiger partial charge in [-0.2, -0.15) is 0 Å². The third kappa shape index (κ3) is 3.87. The van der Waals surface area contributed by atoms with Crippen LogP contribution in [0.15, 0.2) is 18.2 Å². The number of ether oxygens (including phenoxy) is 1. The summed E-state index contributed by atoms with van der Waals surface area (Å²) in [7, 11) is 1.57. The predicted molar refractivity (Wildman–Crippen MR) is 78.1 cm³/mol.